The number of hydrogen-bond acceptors (Lipinski definition) is 3. The van der Waals surface area contributed by atoms with Gasteiger partial charge in [0, 0.05) is 0 Å². The topological polar surface area (TPSA) is 71.4 Å². The van der Waals surface area contributed by atoms with E-state index < -0.39 is 13.0 Å². The Labute approximate surface area is 71.6 Å². The molecule has 0 unspecified atom stereocenters. The second-order valence-corrected chi connectivity index (χ2v) is 1.63. The summed E-state index contributed by atoms with van der Waals surface area (Å²) >= 11 is -5.38. The summed E-state index contributed by atoms with van der Waals surface area (Å²) in [5.41, 5.74) is 0. The van der Waals surface area contributed by atoms with Crippen LogP contribution in [0.25, 0.3) is 0 Å². The molecule has 0 saturated heterocycles. The van der Waals surface area contributed by atoms with Crippen molar-refractivity contribution >= 4 is 12.4 Å². The third kappa shape index (κ3) is 140. The van der Waals surface area contributed by atoms with Crippen LogP contribution in [0.2, 0.25) is 0 Å². The van der Waals surface area contributed by atoms with E-state index in [1.165, 1.54) is 0 Å². The minimum atomic E-state index is -5.38. The van der Waals surface area contributed by atoms with E-state index in [9.17, 15) is 0 Å². The predicted octanol–water partition coefficient (Wildman–Crippen LogP) is -3.38. The van der Waals surface area contributed by atoms with Gasteiger partial charge in [0.1, 0.15) is 0 Å². The van der Waals surface area contributed by atoms with Crippen molar-refractivity contribution in [3.05, 3.63) is 0 Å². The van der Waals surface area contributed by atoms with Gasteiger partial charge in [-0.1, -0.05) is 0 Å². The van der Waals surface area contributed by atoms with Gasteiger partial charge in [0.2, 0.25) is 0 Å². The van der Waals surface area contributed by atoms with E-state index in [-0.39, 0.29) is 43.4 Å². The zero-order chi connectivity index (χ0) is 4.50. The summed E-state index contributed by atoms with van der Waals surface area (Å²) in [6.07, 6.45) is 0. The predicted molar refractivity (Wildman–Crippen MR) is 12.6 cm³/mol. The first kappa shape index (κ1) is 15.7. The summed E-state index contributed by atoms with van der Waals surface area (Å²) in [6, 6.07) is 0. The Morgan fingerprint density at radius 3 is 1.29 bits per heavy atom. The molecule has 0 radical (unpaired) electrons. The van der Waals surface area contributed by atoms with Crippen LogP contribution in [-0.4, -0.2) is 4.19 Å². The second kappa shape index (κ2) is 5.31. The van der Waals surface area contributed by atoms with Crippen LogP contribution in [0.1, 0.15) is 1.43 Å². The molecule has 0 spiro atoms. The van der Waals surface area contributed by atoms with Crippen molar-refractivity contribution in [2.24, 2.45) is 0 Å². The summed E-state index contributed by atoms with van der Waals surface area (Å²) in [5.74, 6) is 0. The summed E-state index contributed by atoms with van der Waals surface area (Å²) in [7, 11) is 0. The fraction of sp³-hybridized carbons (Fsp3) is 0. The molecule has 0 aromatic heterocycles. The van der Waals surface area contributed by atoms with Crippen molar-refractivity contribution < 1.29 is 59.6 Å². The fourth-order valence-electron chi connectivity index (χ4n) is 0. The average Bonchev–Trinajstić information content (AvgIpc) is 0.722. The van der Waals surface area contributed by atoms with E-state index in [1.54, 1.807) is 0 Å². The molecule has 7 heavy (non-hydrogen) atoms. The Balaban J connectivity index is -0.0000000267. The molecule has 0 amide bonds. The summed E-state index contributed by atoms with van der Waals surface area (Å²) in [6.45, 7) is 0. The Morgan fingerprint density at radius 2 is 1.29 bits per heavy atom. The summed E-state index contributed by atoms with van der Waals surface area (Å²) < 4.78 is 33.1. The van der Waals surface area contributed by atoms with Crippen LogP contribution in [0, 0.1) is 0 Å². The molecule has 0 aromatic rings. The van der Waals surface area contributed by atoms with Gasteiger partial charge in [0.25, 0.3) is 0 Å². The third-order valence-corrected chi connectivity index (χ3v) is 0. The van der Waals surface area contributed by atoms with E-state index >= 15 is 0 Å². The molecule has 0 atom stereocenters. The quantitative estimate of drug-likeness (QED) is 0.395. The Morgan fingerprint density at radius 1 is 1.29 bits per heavy atom. The van der Waals surface area contributed by atoms with E-state index in [0.29, 0.717) is 0 Å². The van der Waals surface area contributed by atoms with Gasteiger partial charge >= 0.3 is 58.2 Å². The molecular formula is H3ClMnNaO4. The van der Waals surface area contributed by atoms with Gasteiger partial charge in [-0.25, -0.2) is 0 Å². The first-order valence-corrected chi connectivity index (χ1v) is 2.61. The van der Waals surface area contributed by atoms with Crippen LogP contribution >= 0.6 is 12.4 Å². The first-order valence-electron chi connectivity index (χ1n) is 0.632. The standard InChI is InChI=1S/ClH.Mn.Na.H2O.3O.H/h1H;;;1H2;;;;/q;2*+1;;;;;-1/p-1. The molecular weight excluding hydrogens is 177 g/mol. The van der Waals surface area contributed by atoms with Gasteiger partial charge in [0.05, 0.1) is 0 Å². The molecule has 0 bridgehead atoms. The van der Waals surface area contributed by atoms with Gasteiger partial charge < -0.3 is 1.43 Å². The van der Waals surface area contributed by atoms with Crippen LogP contribution in [-0.2, 0) is 24.5 Å². The van der Waals surface area contributed by atoms with Crippen LogP contribution in [0.15, 0.2) is 0 Å². The normalized spacial score (nSPS) is 8.14. The maximum atomic E-state index is 8.69. The van der Waals surface area contributed by atoms with Crippen molar-refractivity contribution in [3.8, 4) is 0 Å². The molecule has 0 fully saturated rings. The van der Waals surface area contributed by atoms with Gasteiger partial charge in [-0.2, -0.15) is 0 Å². The van der Waals surface area contributed by atoms with Crippen molar-refractivity contribution in [2.75, 3.05) is 0 Å². The first-order chi connectivity index (χ1) is 2.00. The molecule has 42 valence electrons. The molecule has 4 nitrogen and oxygen atoms in total. The van der Waals surface area contributed by atoms with Crippen LogP contribution in [0.3, 0.4) is 0 Å². The van der Waals surface area contributed by atoms with Crippen molar-refractivity contribution in [2.45, 2.75) is 0 Å². The van der Waals surface area contributed by atoms with Gasteiger partial charge in [0.15, 0.2) is 0 Å². The Bertz CT molecular complexity index is 137. The van der Waals surface area contributed by atoms with Crippen LogP contribution in [0.4, 0.5) is 0 Å². The molecule has 1 N–H and O–H groups in total. The second-order valence-electron chi connectivity index (χ2n) is 0.396. The van der Waals surface area contributed by atoms with Crippen LogP contribution < -0.4 is 29.6 Å². The van der Waals surface area contributed by atoms with E-state index in [4.69, 9.17) is 15.7 Å². The average molecular weight is 180 g/mol. The van der Waals surface area contributed by atoms with Crippen molar-refractivity contribution in [1.82, 2.24) is 0 Å². The molecule has 0 aromatic carbocycles. The van der Waals surface area contributed by atoms with Gasteiger partial charge in [-0.15, -0.1) is 12.4 Å². The molecule has 0 aliphatic rings. The minimum absolute atomic E-state index is 0. The molecule has 0 aliphatic heterocycles. The number of halogens is 1. The van der Waals surface area contributed by atoms with Gasteiger partial charge in [-0.05, 0) is 0 Å². The summed E-state index contributed by atoms with van der Waals surface area (Å²) in [5, 5.41) is 0. The molecule has 0 heterocycles. The fourth-order valence-corrected chi connectivity index (χ4v) is 0. The molecule has 0 aliphatic carbocycles. The van der Waals surface area contributed by atoms with E-state index in [1.807, 2.05) is 0 Å². The van der Waals surface area contributed by atoms with E-state index in [0.717, 1.165) is 0 Å². The number of hydrogen-bond donors (Lipinski definition) is 1. The van der Waals surface area contributed by atoms with Crippen molar-refractivity contribution in [3.63, 3.8) is 0 Å². The summed E-state index contributed by atoms with van der Waals surface area (Å²) in [4.78, 5) is 0. The Kier molecular flexibility index (Phi) is 11.9. The Hall–Kier alpha value is 1.17. The third-order valence-electron chi connectivity index (χ3n) is 0. The molecule has 7 heteroatoms. The molecule has 0 rings (SSSR count). The van der Waals surface area contributed by atoms with Gasteiger partial charge in [-0.3, -0.25) is 0 Å². The zero-order valence-electron chi connectivity index (χ0n) is 4.46. The van der Waals surface area contributed by atoms with Crippen molar-refractivity contribution in [1.29, 1.82) is 0 Å². The van der Waals surface area contributed by atoms with E-state index in [2.05, 4.69) is 0 Å². The number of rotatable bonds is 0. The SMILES string of the molecule is Cl.[H-].[Na+].[O]=[Mn](=[O])(=[O])[OH]. The van der Waals surface area contributed by atoms with Crippen LogP contribution in [0.5, 0.6) is 0 Å². The molecule has 0 saturated carbocycles. The monoisotopic (exact) mass is 180 g/mol. The zero-order valence-corrected chi connectivity index (χ0v) is 7.46. The maximum absolute atomic E-state index is 8.69.